The van der Waals surface area contributed by atoms with E-state index in [-0.39, 0.29) is 23.8 Å². The number of nitriles is 1. The van der Waals surface area contributed by atoms with E-state index in [2.05, 4.69) is 25.7 Å². The van der Waals surface area contributed by atoms with Crippen LogP contribution in [-0.4, -0.2) is 37.7 Å². The highest BCUT2D eigenvalue weighted by atomic mass is 16.1. The molecule has 3 aromatic heterocycles. The number of nitrogens with two attached hydrogens (primary N) is 1. The molecule has 3 aromatic rings. The lowest BCUT2D eigenvalue weighted by molar-refractivity contribution is 0.0928. The molecule has 9 nitrogen and oxygen atoms in total. The lowest BCUT2D eigenvalue weighted by Gasteiger charge is -2.23. The highest BCUT2D eigenvalue weighted by Crippen LogP contribution is 2.24. The summed E-state index contributed by atoms with van der Waals surface area (Å²) in [6, 6.07) is 5.80. The van der Waals surface area contributed by atoms with Gasteiger partial charge in [0, 0.05) is 29.7 Å². The minimum Gasteiger partial charge on any atom is -0.383 e. The third kappa shape index (κ3) is 4.28. The SMILES string of the molecule is CC(C)Nc1cc(-n2ncc3cc(C#N)c(N)nc32)ncc1C(=O)NC1CCCCC1. The van der Waals surface area contributed by atoms with E-state index in [1.54, 1.807) is 29.2 Å². The number of aromatic nitrogens is 4. The quantitative estimate of drug-likeness (QED) is 0.579. The molecule has 0 bridgehead atoms. The van der Waals surface area contributed by atoms with Crippen LogP contribution in [0.15, 0.2) is 24.5 Å². The number of nitrogens with zero attached hydrogens (tertiary/aromatic N) is 5. The van der Waals surface area contributed by atoms with Crippen LogP contribution in [0.1, 0.15) is 61.9 Å². The maximum atomic E-state index is 13.0. The largest absolute Gasteiger partial charge is 0.383 e. The van der Waals surface area contributed by atoms with Gasteiger partial charge < -0.3 is 16.4 Å². The van der Waals surface area contributed by atoms with Crippen molar-refractivity contribution in [2.75, 3.05) is 11.1 Å². The molecule has 160 valence electrons. The van der Waals surface area contributed by atoms with Crippen molar-refractivity contribution < 1.29 is 4.79 Å². The number of pyridine rings is 2. The van der Waals surface area contributed by atoms with Crippen molar-refractivity contribution in [2.24, 2.45) is 0 Å². The van der Waals surface area contributed by atoms with Crippen molar-refractivity contribution in [3.05, 3.63) is 35.7 Å². The number of anilines is 2. The second-order valence-corrected chi connectivity index (χ2v) is 8.20. The predicted molar refractivity (Wildman–Crippen MR) is 119 cm³/mol. The third-order valence-electron chi connectivity index (χ3n) is 5.43. The smallest absolute Gasteiger partial charge is 0.255 e. The monoisotopic (exact) mass is 418 g/mol. The molecule has 0 unspecified atom stereocenters. The molecule has 0 aromatic carbocycles. The van der Waals surface area contributed by atoms with E-state index in [1.807, 2.05) is 19.9 Å². The lowest BCUT2D eigenvalue weighted by atomic mass is 9.95. The molecule has 1 fully saturated rings. The molecule has 4 rings (SSSR count). The van der Waals surface area contributed by atoms with E-state index < -0.39 is 0 Å². The zero-order valence-corrected chi connectivity index (χ0v) is 17.7. The summed E-state index contributed by atoms with van der Waals surface area (Å²) in [6.45, 7) is 4.02. The number of nitrogen functional groups attached to an aromatic ring is 1. The first kappa shape index (κ1) is 20.6. The van der Waals surface area contributed by atoms with Crippen LogP contribution in [0, 0.1) is 11.3 Å². The highest BCUT2D eigenvalue weighted by Gasteiger charge is 2.21. The molecular formula is C22H26N8O. The van der Waals surface area contributed by atoms with Crippen molar-refractivity contribution in [1.29, 1.82) is 5.26 Å². The van der Waals surface area contributed by atoms with Gasteiger partial charge in [0.2, 0.25) is 0 Å². The Morgan fingerprint density at radius 1 is 1.26 bits per heavy atom. The molecule has 0 saturated heterocycles. The van der Waals surface area contributed by atoms with Gasteiger partial charge >= 0.3 is 0 Å². The van der Waals surface area contributed by atoms with E-state index in [4.69, 9.17) is 11.0 Å². The van der Waals surface area contributed by atoms with Gasteiger partial charge in [0.05, 0.1) is 23.0 Å². The standard InChI is InChI=1S/C22H26N8O/c1-13(2)27-18-9-19(25-12-17(18)22(31)28-16-6-4-3-5-7-16)30-21-15(11-26-30)8-14(10-23)20(24)29-21/h8-9,11-13,16H,3-7H2,1-2H3,(H2,24,29)(H,25,27)(H,28,31). The molecule has 1 aliphatic rings. The van der Waals surface area contributed by atoms with Gasteiger partial charge in [0.25, 0.3) is 5.91 Å². The fraction of sp³-hybridized carbons (Fsp3) is 0.409. The van der Waals surface area contributed by atoms with Gasteiger partial charge in [-0.15, -0.1) is 0 Å². The fourth-order valence-corrected chi connectivity index (χ4v) is 3.91. The molecule has 1 amide bonds. The van der Waals surface area contributed by atoms with Crippen molar-refractivity contribution in [3.8, 4) is 11.9 Å². The summed E-state index contributed by atoms with van der Waals surface area (Å²) in [5, 5.41) is 20.7. The van der Waals surface area contributed by atoms with Crippen molar-refractivity contribution in [3.63, 3.8) is 0 Å². The Morgan fingerprint density at radius 3 is 2.74 bits per heavy atom. The average Bonchev–Trinajstić information content (AvgIpc) is 3.15. The maximum absolute atomic E-state index is 13.0. The van der Waals surface area contributed by atoms with Gasteiger partial charge in [0.15, 0.2) is 11.5 Å². The molecule has 3 heterocycles. The van der Waals surface area contributed by atoms with Crippen LogP contribution in [0.4, 0.5) is 11.5 Å². The summed E-state index contributed by atoms with van der Waals surface area (Å²) in [5.74, 6) is 0.519. The van der Waals surface area contributed by atoms with E-state index >= 15 is 0 Å². The Morgan fingerprint density at radius 2 is 2.03 bits per heavy atom. The number of rotatable bonds is 5. The number of hydrogen-bond acceptors (Lipinski definition) is 7. The Kier molecular flexibility index (Phi) is 5.71. The molecule has 0 radical (unpaired) electrons. The Bertz CT molecular complexity index is 1150. The number of nitrogens with one attached hydrogen (secondary N) is 2. The number of fused-ring (bicyclic) bond motifs is 1. The third-order valence-corrected chi connectivity index (χ3v) is 5.43. The topological polar surface area (TPSA) is 135 Å². The number of carbonyl (C=O) groups excluding carboxylic acids is 1. The Balaban J connectivity index is 1.70. The van der Waals surface area contributed by atoms with Crippen LogP contribution >= 0.6 is 0 Å². The second-order valence-electron chi connectivity index (χ2n) is 8.20. The van der Waals surface area contributed by atoms with Crippen LogP contribution in [-0.2, 0) is 0 Å². The molecule has 1 saturated carbocycles. The van der Waals surface area contributed by atoms with Crippen LogP contribution < -0.4 is 16.4 Å². The van der Waals surface area contributed by atoms with Crippen LogP contribution in [0.5, 0.6) is 0 Å². The lowest BCUT2D eigenvalue weighted by Crippen LogP contribution is -2.36. The summed E-state index contributed by atoms with van der Waals surface area (Å²) in [4.78, 5) is 21.8. The first-order valence-corrected chi connectivity index (χ1v) is 10.6. The van der Waals surface area contributed by atoms with Crippen LogP contribution in [0.25, 0.3) is 16.9 Å². The molecule has 0 atom stereocenters. The average molecular weight is 419 g/mol. The molecule has 0 aliphatic heterocycles. The summed E-state index contributed by atoms with van der Waals surface area (Å²) < 4.78 is 1.56. The summed E-state index contributed by atoms with van der Waals surface area (Å²) in [7, 11) is 0. The molecule has 31 heavy (non-hydrogen) atoms. The zero-order chi connectivity index (χ0) is 22.0. The molecule has 1 aliphatic carbocycles. The first-order valence-electron chi connectivity index (χ1n) is 10.6. The number of carbonyl (C=O) groups is 1. The Hall–Kier alpha value is -3.67. The van der Waals surface area contributed by atoms with Gasteiger partial charge in [-0.2, -0.15) is 15.0 Å². The van der Waals surface area contributed by atoms with Gasteiger partial charge in [0.1, 0.15) is 11.9 Å². The summed E-state index contributed by atoms with van der Waals surface area (Å²) in [6.07, 6.45) is 8.74. The van der Waals surface area contributed by atoms with Gasteiger partial charge in [-0.3, -0.25) is 4.79 Å². The fourth-order valence-electron chi connectivity index (χ4n) is 3.91. The van der Waals surface area contributed by atoms with Crippen LogP contribution in [0.3, 0.4) is 0 Å². The minimum atomic E-state index is -0.125. The van der Waals surface area contributed by atoms with E-state index in [9.17, 15) is 4.79 Å². The number of amides is 1. The van der Waals surface area contributed by atoms with Crippen molar-refractivity contribution >= 4 is 28.4 Å². The van der Waals surface area contributed by atoms with Gasteiger partial charge in [-0.1, -0.05) is 19.3 Å². The van der Waals surface area contributed by atoms with Crippen molar-refractivity contribution in [1.82, 2.24) is 25.1 Å². The highest BCUT2D eigenvalue weighted by molar-refractivity contribution is 5.99. The first-order chi connectivity index (χ1) is 15.0. The molecule has 0 spiro atoms. The molecule has 4 N–H and O–H groups in total. The van der Waals surface area contributed by atoms with Crippen molar-refractivity contribution in [2.45, 2.75) is 58.0 Å². The zero-order valence-electron chi connectivity index (χ0n) is 17.7. The predicted octanol–water partition coefficient (Wildman–Crippen LogP) is 3.15. The maximum Gasteiger partial charge on any atom is 0.255 e. The van der Waals surface area contributed by atoms with E-state index in [0.29, 0.717) is 33.7 Å². The van der Waals surface area contributed by atoms with Gasteiger partial charge in [-0.25, -0.2) is 9.97 Å². The summed E-state index contributed by atoms with van der Waals surface area (Å²) in [5.41, 5.74) is 7.87. The minimum absolute atomic E-state index is 0.123. The van der Waals surface area contributed by atoms with E-state index in [1.165, 1.54) is 6.42 Å². The summed E-state index contributed by atoms with van der Waals surface area (Å²) >= 11 is 0. The number of hydrogen-bond donors (Lipinski definition) is 3. The van der Waals surface area contributed by atoms with Crippen LogP contribution in [0.2, 0.25) is 0 Å². The second kappa shape index (κ2) is 8.60. The molecule has 9 heteroatoms. The van der Waals surface area contributed by atoms with E-state index in [0.717, 1.165) is 25.7 Å². The Labute approximate surface area is 180 Å². The van der Waals surface area contributed by atoms with Gasteiger partial charge in [-0.05, 0) is 32.8 Å². The normalized spacial score (nSPS) is 14.5. The molecular weight excluding hydrogens is 392 g/mol.